The zero-order chi connectivity index (χ0) is 30.5. The van der Waals surface area contributed by atoms with Gasteiger partial charge < -0.3 is 10.6 Å². The van der Waals surface area contributed by atoms with E-state index in [0.29, 0.717) is 18.1 Å². The van der Waals surface area contributed by atoms with Crippen molar-refractivity contribution in [2.24, 2.45) is 0 Å². The molecule has 44 heavy (non-hydrogen) atoms. The summed E-state index contributed by atoms with van der Waals surface area (Å²) in [5.41, 5.74) is 2.58. The third-order valence-corrected chi connectivity index (χ3v) is 9.42. The number of urea groups is 1. The van der Waals surface area contributed by atoms with E-state index in [9.17, 15) is 18.0 Å². The van der Waals surface area contributed by atoms with Crippen LogP contribution >= 0.6 is 22.7 Å². The second kappa shape index (κ2) is 13.3. The van der Waals surface area contributed by atoms with Crippen molar-refractivity contribution in [3.05, 3.63) is 83.1 Å². The Morgan fingerprint density at radius 1 is 0.932 bits per heavy atom. The Kier molecular flexibility index (Phi) is 9.05. The van der Waals surface area contributed by atoms with Gasteiger partial charge in [-0.15, -0.1) is 22.7 Å². The van der Waals surface area contributed by atoms with E-state index in [-0.39, 0.29) is 5.69 Å². The van der Waals surface area contributed by atoms with Crippen molar-refractivity contribution < 1.29 is 18.0 Å². The minimum atomic E-state index is -4.49. The number of amides is 2. The lowest BCUT2D eigenvalue weighted by Gasteiger charge is -2.26. The summed E-state index contributed by atoms with van der Waals surface area (Å²) >= 11 is 2.96. The van der Waals surface area contributed by atoms with Gasteiger partial charge in [-0.1, -0.05) is 30.7 Å². The number of hydrogen-bond donors (Lipinski definition) is 3. The molecule has 8 nitrogen and oxygen atoms in total. The second-order valence-electron chi connectivity index (χ2n) is 10.6. The zero-order valence-electron chi connectivity index (χ0n) is 23.7. The fourth-order valence-electron chi connectivity index (χ4n) is 5.14. The number of alkyl halides is 3. The maximum atomic E-state index is 12.9. The number of rotatable bonds is 9. The highest BCUT2D eigenvalue weighted by atomic mass is 32.1. The Morgan fingerprint density at radius 3 is 2.61 bits per heavy atom. The number of hydrogen-bond acceptors (Lipinski definition) is 8. The largest absolute Gasteiger partial charge is 0.416 e. The summed E-state index contributed by atoms with van der Waals surface area (Å²) in [4.78, 5) is 30.1. The van der Waals surface area contributed by atoms with Crippen LogP contribution < -0.4 is 16.0 Å². The lowest BCUT2D eigenvalue weighted by molar-refractivity contribution is -0.137. The fraction of sp³-hybridized carbons (Fsp3) is 0.290. The summed E-state index contributed by atoms with van der Waals surface area (Å²) in [6, 6.07) is 14.6. The molecule has 2 aromatic carbocycles. The van der Waals surface area contributed by atoms with Crippen LogP contribution in [0.5, 0.6) is 0 Å². The Balaban J connectivity index is 1.04. The van der Waals surface area contributed by atoms with Crippen LogP contribution in [0.2, 0.25) is 0 Å². The van der Waals surface area contributed by atoms with Gasteiger partial charge in [0.15, 0.2) is 5.13 Å². The molecular weight excluding hydrogens is 608 g/mol. The zero-order valence-corrected chi connectivity index (χ0v) is 25.3. The molecule has 1 aliphatic heterocycles. The van der Waals surface area contributed by atoms with Crippen LogP contribution in [0.1, 0.15) is 35.3 Å². The Hall–Kier alpha value is -4.07. The first-order valence-electron chi connectivity index (χ1n) is 14.3. The molecule has 3 N–H and O–H groups in total. The summed E-state index contributed by atoms with van der Waals surface area (Å²) in [5, 5.41) is 8.75. The number of aromatic nitrogens is 3. The number of carbonyl (C=O) groups excluding carboxylic acids is 1. The van der Waals surface area contributed by atoms with Crippen LogP contribution in [0.25, 0.3) is 20.7 Å². The lowest BCUT2D eigenvalue weighted by atomic mass is 10.1. The van der Waals surface area contributed by atoms with E-state index in [1.807, 2.05) is 0 Å². The second-order valence-corrected chi connectivity index (χ2v) is 12.7. The molecule has 6 rings (SSSR count). The molecule has 1 saturated heterocycles. The van der Waals surface area contributed by atoms with Gasteiger partial charge in [-0.3, -0.25) is 10.2 Å². The van der Waals surface area contributed by atoms with Crippen molar-refractivity contribution in [2.75, 3.05) is 35.6 Å². The van der Waals surface area contributed by atoms with Crippen LogP contribution in [0.3, 0.4) is 0 Å². The van der Waals surface area contributed by atoms with Gasteiger partial charge in [0, 0.05) is 41.1 Å². The number of piperidine rings is 1. The molecule has 2 amide bonds. The number of halogens is 3. The molecule has 1 fully saturated rings. The summed E-state index contributed by atoms with van der Waals surface area (Å²) < 4.78 is 39.8. The molecule has 0 atom stereocenters. The molecule has 228 valence electrons. The maximum absolute atomic E-state index is 12.9. The number of thiophene rings is 1. The van der Waals surface area contributed by atoms with E-state index >= 15 is 0 Å². The first kappa shape index (κ1) is 30.0. The van der Waals surface area contributed by atoms with Gasteiger partial charge in [-0.2, -0.15) is 13.2 Å². The third-order valence-electron chi connectivity index (χ3n) is 7.26. The normalized spacial score (nSPS) is 14.1. The molecule has 1 aliphatic rings. The molecule has 0 saturated carbocycles. The van der Waals surface area contributed by atoms with Crippen molar-refractivity contribution in [2.45, 2.75) is 38.4 Å². The SMILES string of the molecule is O=C(Nc1cccc(C(F)(F)F)c1)Nc1ncc(CCNc2ncnc3cc(-c4cccc(CN5CCCCC5)c4)sc23)s1. The Bertz CT molecular complexity index is 1750. The Labute approximate surface area is 260 Å². The van der Waals surface area contributed by atoms with Crippen molar-refractivity contribution in [1.29, 1.82) is 0 Å². The number of carbonyl (C=O) groups is 1. The number of likely N-dealkylation sites (tertiary alicyclic amines) is 1. The molecule has 4 heterocycles. The quantitative estimate of drug-likeness (QED) is 0.151. The molecular formula is C31H30F3N7OS2. The minimum absolute atomic E-state index is 0.0383. The van der Waals surface area contributed by atoms with Crippen molar-refractivity contribution in [1.82, 2.24) is 19.9 Å². The molecule has 0 aliphatic carbocycles. The minimum Gasteiger partial charge on any atom is -0.368 e. The van der Waals surface area contributed by atoms with Crippen LogP contribution in [-0.2, 0) is 19.1 Å². The fourth-order valence-corrected chi connectivity index (χ4v) is 7.02. The standard InChI is InChI=1S/C31H30F3N7OS2/c32-31(33,34)22-8-5-9-23(15-22)39-29(42)40-30-36-17-24(43-30)10-11-35-28-27-25(37-19-38-28)16-26(44-27)21-7-4-6-20(14-21)18-41-12-2-1-3-13-41/h4-9,14-17,19H,1-3,10-13,18H2,(H,35,37,38)(H2,36,39,40,42). The van der Waals surface area contributed by atoms with E-state index in [4.69, 9.17) is 0 Å². The van der Waals surface area contributed by atoms with Gasteiger partial charge >= 0.3 is 12.2 Å². The number of nitrogens with zero attached hydrogens (tertiary/aromatic N) is 4. The maximum Gasteiger partial charge on any atom is 0.416 e. The van der Waals surface area contributed by atoms with Crippen LogP contribution in [0.15, 0.2) is 67.1 Å². The van der Waals surface area contributed by atoms with Gasteiger partial charge in [-0.05, 0) is 67.4 Å². The van der Waals surface area contributed by atoms with Crippen LogP contribution in [-0.4, -0.2) is 45.5 Å². The van der Waals surface area contributed by atoms with E-state index in [2.05, 4.69) is 66.1 Å². The average Bonchev–Trinajstić information content (AvgIpc) is 3.65. The molecule has 0 radical (unpaired) electrons. The molecule has 3 aromatic heterocycles. The summed E-state index contributed by atoms with van der Waals surface area (Å²) in [7, 11) is 0. The highest BCUT2D eigenvalue weighted by Gasteiger charge is 2.30. The third kappa shape index (κ3) is 7.52. The van der Waals surface area contributed by atoms with E-state index in [0.717, 1.165) is 57.6 Å². The predicted molar refractivity (Wildman–Crippen MR) is 170 cm³/mol. The summed E-state index contributed by atoms with van der Waals surface area (Å²) in [5.74, 6) is 0.763. The monoisotopic (exact) mass is 637 g/mol. The van der Waals surface area contributed by atoms with Crippen molar-refractivity contribution >= 4 is 55.6 Å². The van der Waals surface area contributed by atoms with Gasteiger partial charge in [0.1, 0.15) is 12.1 Å². The molecule has 13 heteroatoms. The topological polar surface area (TPSA) is 95.1 Å². The van der Waals surface area contributed by atoms with Gasteiger partial charge in [0.05, 0.1) is 15.8 Å². The first-order valence-corrected chi connectivity index (χ1v) is 15.9. The number of benzene rings is 2. The van der Waals surface area contributed by atoms with E-state index < -0.39 is 17.8 Å². The average molecular weight is 638 g/mol. The van der Waals surface area contributed by atoms with E-state index in [1.54, 1.807) is 23.9 Å². The summed E-state index contributed by atoms with van der Waals surface area (Å²) in [6.45, 7) is 3.88. The molecule has 0 spiro atoms. The highest BCUT2D eigenvalue weighted by Crippen LogP contribution is 2.36. The van der Waals surface area contributed by atoms with Crippen LogP contribution in [0.4, 0.5) is 34.6 Å². The van der Waals surface area contributed by atoms with Gasteiger partial charge in [0.2, 0.25) is 0 Å². The van der Waals surface area contributed by atoms with Crippen molar-refractivity contribution in [3.8, 4) is 10.4 Å². The summed E-state index contributed by atoms with van der Waals surface area (Å²) in [6.07, 6.45) is 3.24. The first-order chi connectivity index (χ1) is 21.3. The van der Waals surface area contributed by atoms with Crippen LogP contribution in [0, 0.1) is 0 Å². The molecule has 5 aromatic rings. The van der Waals surface area contributed by atoms with Gasteiger partial charge in [-0.25, -0.2) is 19.7 Å². The highest BCUT2D eigenvalue weighted by molar-refractivity contribution is 7.22. The number of anilines is 3. The predicted octanol–water partition coefficient (Wildman–Crippen LogP) is 8.12. The molecule has 0 bridgehead atoms. The van der Waals surface area contributed by atoms with Gasteiger partial charge in [0.25, 0.3) is 0 Å². The molecule has 0 unspecified atom stereocenters. The number of thiazole rings is 1. The van der Waals surface area contributed by atoms with E-state index in [1.165, 1.54) is 53.9 Å². The Morgan fingerprint density at radius 2 is 1.77 bits per heavy atom. The lowest BCUT2D eigenvalue weighted by Crippen LogP contribution is -2.29. The number of fused-ring (bicyclic) bond motifs is 1. The smallest absolute Gasteiger partial charge is 0.368 e. The number of nitrogens with one attached hydrogen (secondary N) is 3. The van der Waals surface area contributed by atoms with Crippen molar-refractivity contribution in [3.63, 3.8) is 0 Å².